The SMILES string of the molecule is Cc1ccccc1-c1cc2c(c3c1oc1ccccc13)-c1ccc(N(c3ccc(-c4ccccc4)cc3)c3ccc4c(c3)C(C)(C)c3c5c(c6c(oc7ccccc76)c3-4)-c3ccccc3C5(C)C)cc1C2(C)C. The van der Waals surface area contributed by atoms with Crippen LogP contribution in [0.2, 0.25) is 0 Å². The van der Waals surface area contributed by atoms with E-state index in [1.165, 1.54) is 105 Å². The molecule has 15 rings (SSSR count). The van der Waals surface area contributed by atoms with Gasteiger partial charge in [-0.25, -0.2) is 0 Å². The largest absolute Gasteiger partial charge is 0.455 e. The first kappa shape index (κ1) is 42.3. The molecule has 2 heterocycles. The van der Waals surface area contributed by atoms with Crippen molar-refractivity contribution in [2.24, 2.45) is 0 Å². The third-order valence-corrected chi connectivity index (χ3v) is 17.3. The van der Waals surface area contributed by atoms with Gasteiger partial charge in [0.15, 0.2) is 0 Å². The number of anilines is 3. The fraction of sp³-hybridized carbons (Fsp3) is 0.143. The molecule has 0 saturated carbocycles. The highest BCUT2D eigenvalue weighted by atomic mass is 16.3. The molecule has 350 valence electrons. The first-order valence-corrected chi connectivity index (χ1v) is 25.8. The summed E-state index contributed by atoms with van der Waals surface area (Å²) in [5.74, 6) is 0. The van der Waals surface area contributed by atoms with E-state index in [1.54, 1.807) is 0 Å². The van der Waals surface area contributed by atoms with Crippen molar-refractivity contribution in [2.75, 3.05) is 4.90 Å². The maximum absolute atomic E-state index is 7.07. The Labute approximate surface area is 426 Å². The second kappa shape index (κ2) is 14.6. The summed E-state index contributed by atoms with van der Waals surface area (Å²) in [5.41, 5.74) is 27.9. The minimum absolute atomic E-state index is 0.221. The molecule has 0 spiro atoms. The van der Waals surface area contributed by atoms with E-state index in [4.69, 9.17) is 8.83 Å². The van der Waals surface area contributed by atoms with Gasteiger partial charge < -0.3 is 13.7 Å². The summed E-state index contributed by atoms with van der Waals surface area (Å²) in [5, 5.41) is 4.74. The maximum Gasteiger partial charge on any atom is 0.144 e. The Morgan fingerprint density at radius 2 is 0.836 bits per heavy atom. The summed E-state index contributed by atoms with van der Waals surface area (Å²) in [6, 6.07) is 71.6. The molecule has 0 N–H and O–H groups in total. The Bertz CT molecular complexity index is 4350. The number of aryl methyl sites for hydroxylation is 1. The lowest BCUT2D eigenvalue weighted by Gasteiger charge is -2.32. The van der Waals surface area contributed by atoms with Gasteiger partial charge in [-0.2, -0.15) is 0 Å². The van der Waals surface area contributed by atoms with E-state index >= 15 is 0 Å². The van der Waals surface area contributed by atoms with Gasteiger partial charge in [-0.3, -0.25) is 0 Å². The smallest absolute Gasteiger partial charge is 0.144 e. The van der Waals surface area contributed by atoms with Crippen LogP contribution in [0.25, 0.3) is 99.5 Å². The van der Waals surface area contributed by atoms with Gasteiger partial charge >= 0.3 is 0 Å². The molecule has 0 aliphatic heterocycles. The van der Waals surface area contributed by atoms with Crippen molar-refractivity contribution in [1.82, 2.24) is 0 Å². The first-order valence-electron chi connectivity index (χ1n) is 25.8. The van der Waals surface area contributed by atoms with Gasteiger partial charge in [0.2, 0.25) is 0 Å². The molecule has 3 aliphatic rings. The van der Waals surface area contributed by atoms with Crippen molar-refractivity contribution < 1.29 is 8.83 Å². The van der Waals surface area contributed by atoms with Crippen LogP contribution in [0.4, 0.5) is 17.1 Å². The van der Waals surface area contributed by atoms with Crippen LogP contribution in [0.3, 0.4) is 0 Å². The second-order valence-electron chi connectivity index (χ2n) is 22.4. The Morgan fingerprint density at radius 1 is 0.342 bits per heavy atom. The topological polar surface area (TPSA) is 29.5 Å². The summed E-state index contributed by atoms with van der Waals surface area (Å²) in [7, 11) is 0. The van der Waals surface area contributed by atoms with E-state index in [0.717, 1.165) is 50.3 Å². The van der Waals surface area contributed by atoms with Crippen LogP contribution in [0, 0.1) is 6.92 Å². The number of nitrogens with zero attached hydrogens (tertiary/aromatic N) is 1. The van der Waals surface area contributed by atoms with Crippen molar-refractivity contribution in [2.45, 2.75) is 64.7 Å². The summed E-state index contributed by atoms with van der Waals surface area (Å²) in [6.07, 6.45) is 0. The number of para-hydroxylation sites is 2. The molecule has 12 aromatic rings. The maximum atomic E-state index is 7.07. The third kappa shape index (κ3) is 5.60. The van der Waals surface area contributed by atoms with Gasteiger partial charge in [-0.1, -0.05) is 181 Å². The molecule has 2 aromatic heterocycles. The monoisotopic (exact) mass is 939 g/mol. The molecule has 0 fully saturated rings. The van der Waals surface area contributed by atoms with Crippen LogP contribution in [-0.4, -0.2) is 0 Å². The quantitative estimate of drug-likeness (QED) is 0.172. The highest BCUT2D eigenvalue weighted by Gasteiger charge is 2.49. The molecule has 3 nitrogen and oxygen atoms in total. The van der Waals surface area contributed by atoms with Crippen molar-refractivity contribution in [1.29, 1.82) is 0 Å². The fourth-order valence-electron chi connectivity index (χ4n) is 13.8. The minimum atomic E-state index is -0.352. The highest BCUT2D eigenvalue weighted by molar-refractivity contribution is 6.21. The average molecular weight is 940 g/mol. The molecule has 73 heavy (non-hydrogen) atoms. The van der Waals surface area contributed by atoms with Crippen molar-refractivity contribution >= 4 is 60.9 Å². The van der Waals surface area contributed by atoms with Gasteiger partial charge in [-0.15, -0.1) is 0 Å². The van der Waals surface area contributed by atoms with E-state index in [2.05, 4.69) is 247 Å². The van der Waals surface area contributed by atoms with E-state index in [1.807, 2.05) is 0 Å². The molecule has 3 heteroatoms. The van der Waals surface area contributed by atoms with Crippen molar-refractivity contribution in [3.05, 3.63) is 233 Å². The zero-order chi connectivity index (χ0) is 49.3. The highest BCUT2D eigenvalue weighted by Crippen LogP contribution is 2.64. The lowest BCUT2D eigenvalue weighted by atomic mass is 9.72. The third-order valence-electron chi connectivity index (χ3n) is 17.3. The van der Waals surface area contributed by atoms with E-state index in [9.17, 15) is 0 Å². The fourth-order valence-corrected chi connectivity index (χ4v) is 13.8. The van der Waals surface area contributed by atoms with Crippen LogP contribution in [0.15, 0.2) is 203 Å². The van der Waals surface area contributed by atoms with E-state index < -0.39 is 0 Å². The Hall–Kier alpha value is -8.40. The molecule has 0 amide bonds. The zero-order valence-corrected chi connectivity index (χ0v) is 42.2. The summed E-state index contributed by atoms with van der Waals surface area (Å²) < 4.78 is 13.9. The van der Waals surface area contributed by atoms with Crippen LogP contribution in [0.1, 0.15) is 80.5 Å². The van der Waals surface area contributed by atoms with Crippen LogP contribution in [0.5, 0.6) is 0 Å². The number of rotatable bonds is 5. The number of benzene rings is 10. The molecule has 0 unspecified atom stereocenters. The van der Waals surface area contributed by atoms with Gasteiger partial charge in [0, 0.05) is 66.0 Å². The molecule has 0 atom stereocenters. The summed E-state index contributed by atoms with van der Waals surface area (Å²) in [6.45, 7) is 16.7. The molecule has 0 bridgehead atoms. The van der Waals surface area contributed by atoms with Crippen molar-refractivity contribution in [3.63, 3.8) is 0 Å². The number of furan rings is 2. The molecular weight excluding hydrogens is 887 g/mol. The molecule has 0 saturated heterocycles. The summed E-state index contributed by atoms with van der Waals surface area (Å²) >= 11 is 0. The van der Waals surface area contributed by atoms with Gasteiger partial charge in [0.05, 0.1) is 0 Å². The summed E-state index contributed by atoms with van der Waals surface area (Å²) in [4.78, 5) is 2.48. The Kier molecular flexibility index (Phi) is 8.47. The molecular formula is C70H53NO2. The predicted octanol–water partition coefficient (Wildman–Crippen LogP) is 19.5. The second-order valence-corrected chi connectivity index (χ2v) is 22.4. The number of hydrogen-bond donors (Lipinski definition) is 0. The predicted molar refractivity (Wildman–Crippen MR) is 304 cm³/mol. The van der Waals surface area contributed by atoms with Crippen LogP contribution in [-0.2, 0) is 16.2 Å². The number of fused-ring (bicyclic) bond motifs is 19. The van der Waals surface area contributed by atoms with Gasteiger partial charge in [0.25, 0.3) is 0 Å². The van der Waals surface area contributed by atoms with Gasteiger partial charge in [-0.05, 0) is 145 Å². The zero-order valence-electron chi connectivity index (χ0n) is 42.2. The van der Waals surface area contributed by atoms with E-state index in [0.29, 0.717) is 0 Å². The number of hydrogen-bond acceptors (Lipinski definition) is 3. The molecule has 10 aromatic carbocycles. The Morgan fingerprint density at radius 3 is 1.52 bits per heavy atom. The minimum Gasteiger partial charge on any atom is -0.455 e. The normalized spacial score (nSPS) is 15.1. The van der Waals surface area contributed by atoms with Crippen LogP contribution < -0.4 is 4.90 Å². The molecule has 0 radical (unpaired) electrons. The van der Waals surface area contributed by atoms with Crippen molar-refractivity contribution in [3.8, 4) is 55.6 Å². The average Bonchev–Trinajstić information content (AvgIpc) is 4.16. The lowest BCUT2D eigenvalue weighted by Crippen LogP contribution is -2.24. The molecule has 3 aliphatic carbocycles. The standard InChI is InChI=1S/C70H53NO2/c1-40-19-11-12-22-46(40)52-39-56-59(61-50-24-14-17-27-57(50)72-66(52)61)48-35-33-44(37-54(48)68(56,2)3)71(43-31-29-42(30-32-43)41-20-9-8-10-21-41)45-34-36-49-55(38-45)70(6,7)65-63(49)67-62(51-25-15-18-28-58(51)73-67)60-47-23-13-16-26-53(47)69(4,5)64(60)65/h8-39H,1-7H3. The first-order chi connectivity index (χ1) is 35.4. The van der Waals surface area contributed by atoms with Gasteiger partial charge in [0.1, 0.15) is 22.3 Å². The Balaban J connectivity index is 0.950. The van der Waals surface area contributed by atoms with Crippen LogP contribution >= 0.6 is 0 Å². The van der Waals surface area contributed by atoms with E-state index in [-0.39, 0.29) is 16.2 Å². The lowest BCUT2D eigenvalue weighted by molar-refractivity contribution is 0.600.